The van der Waals surface area contributed by atoms with Crippen molar-refractivity contribution in [3.05, 3.63) is 24.0 Å². The van der Waals surface area contributed by atoms with Crippen molar-refractivity contribution in [1.82, 2.24) is 4.98 Å². The van der Waals surface area contributed by atoms with E-state index in [0.717, 1.165) is 12.3 Å². The van der Waals surface area contributed by atoms with E-state index in [1.54, 1.807) is 0 Å². The van der Waals surface area contributed by atoms with Crippen LogP contribution in [0.25, 0.3) is 0 Å². The second-order valence-corrected chi connectivity index (χ2v) is 2.39. The number of hydrogen-bond acceptors (Lipinski definition) is 3. The van der Waals surface area contributed by atoms with Gasteiger partial charge in [-0.25, -0.2) is 4.98 Å². The molecule has 1 aromatic heterocycles. The van der Waals surface area contributed by atoms with Gasteiger partial charge >= 0.3 is 6.36 Å². The zero-order valence-electron chi connectivity index (χ0n) is 7.38. The highest BCUT2D eigenvalue weighted by Gasteiger charge is 2.31. The van der Waals surface area contributed by atoms with Gasteiger partial charge in [0, 0.05) is 0 Å². The molecule has 1 N–H and O–H groups in total. The smallest absolute Gasteiger partial charge is 0.404 e. The van der Waals surface area contributed by atoms with Crippen LogP contribution in [0.15, 0.2) is 18.3 Å². The lowest BCUT2D eigenvalue weighted by atomic mass is 10.3. The third kappa shape index (κ3) is 4.33. The Morgan fingerprint density at radius 3 is 2.60 bits per heavy atom. The topological polar surface area (TPSA) is 42.4 Å². The van der Waals surface area contributed by atoms with Crippen molar-refractivity contribution in [3.63, 3.8) is 0 Å². The van der Waals surface area contributed by atoms with Gasteiger partial charge in [-0.15, -0.1) is 13.2 Å². The predicted octanol–water partition coefficient (Wildman–Crippen LogP) is 1.32. The highest BCUT2D eigenvalue weighted by atomic mass is 19.4. The molecule has 0 aliphatic rings. The van der Waals surface area contributed by atoms with E-state index >= 15 is 0 Å². The van der Waals surface area contributed by atoms with Gasteiger partial charge in [-0.05, 0) is 18.1 Å². The Morgan fingerprint density at radius 2 is 2.13 bits per heavy atom. The normalized spacial score (nSPS) is 10.4. The summed E-state index contributed by atoms with van der Waals surface area (Å²) in [5.41, 5.74) is 0.263. The average Bonchev–Trinajstić information content (AvgIpc) is 2.14. The second-order valence-electron chi connectivity index (χ2n) is 2.39. The molecule has 80 valence electrons. The summed E-state index contributed by atoms with van der Waals surface area (Å²) in [7, 11) is 0. The van der Waals surface area contributed by atoms with Crippen LogP contribution in [0, 0.1) is 11.8 Å². The summed E-state index contributed by atoms with van der Waals surface area (Å²) < 4.78 is 38.8. The first-order chi connectivity index (χ1) is 7.01. The summed E-state index contributed by atoms with van der Waals surface area (Å²) in [6.07, 6.45) is -3.81. The van der Waals surface area contributed by atoms with Crippen LogP contribution < -0.4 is 4.74 Å². The van der Waals surface area contributed by atoms with Crippen molar-refractivity contribution in [2.75, 3.05) is 6.61 Å². The van der Waals surface area contributed by atoms with Crippen molar-refractivity contribution in [3.8, 4) is 17.6 Å². The third-order valence-electron chi connectivity index (χ3n) is 1.27. The Labute approximate surface area is 83.5 Å². The highest BCUT2D eigenvalue weighted by Crippen LogP contribution is 2.21. The summed E-state index contributed by atoms with van der Waals surface area (Å²) in [6, 6.07) is 2.37. The van der Waals surface area contributed by atoms with Gasteiger partial charge in [0.1, 0.15) is 18.1 Å². The molecule has 0 fully saturated rings. The molecule has 0 unspecified atom stereocenters. The number of alkyl halides is 3. The number of pyridine rings is 1. The number of ether oxygens (including phenoxy) is 1. The van der Waals surface area contributed by atoms with Crippen LogP contribution in [0.3, 0.4) is 0 Å². The first kappa shape index (κ1) is 11.3. The van der Waals surface area contributed by atoms with E-state index in [9.17, 15) is 13.2 Å². The molecule has 0 atom stereocenters. The number of nitrogens with zero attached hydrogens (tertiary/aromatic N) is 1. The Balaban J connectivity index is 2.73. The SMILES string of the molecule is OCC#Cc1ccc(OC(F)(F)F)cn1. The number of hydrogen-bond donors (Lipinski definition) is 1. The lowest BCUT2D eigenvalue weighted by molar-refractivity contribution is -0.274. The van der Waals surface area contributed by atoms with E-state index < -0.39 is 12.1 Å². The second kappa shape index (κ2) is 4.66. The maximum atomic E-state index is 11.7. The van der Waals surface area contributed by atoms with E-state index in [1.165, 1.54) is 6.07 Å². The van der Waals surface area contributed by atoms with Gasteiger partial charge in [0.15, 0.2) is 0 Å². The number of aliphatic hydroxyl groups excluding tert-OH is 1. The molecule has 6 heteroatoms. The number of aliphatic hydroxyl groups is 1. The fraction of sp³-hybridized carbons (Fsp3) is 0.222. The maximum absolute atomic E-state index is 11.7. The number of halogens is 3. The van der Waals surface area contributed by atoms with E-state index in [2.05, 4.69) is 21.6 Å². The van der Waals surface area contributed by atoms with E-state index in [0.29, 0.717) is 0 Å². The molecule has 0 saturated heterocycles. The largest absolute Gasteiger partial charge is 0.573 e. The van der Waals surface area contributed by atoms with Crippen LogP contribution in [0.5, 0.6) is 5.75 Å². The zero-order chi connectivity index (χ0) is 11.3. The summed E-state index contributed by atoms with van der Waals surface area (Å²) in [5.74, 6) is 4.34. The minimum absolute atomic E-state index is 0.263. The maximum Gasteiger partial charge on any atom is 0.573 e. The molecule has 1 rings (SSSR count). The van der Waals surface area contributed by atoms with E-state index in [-0.39, 0.29) is 12.3 Å². The third-order valence-corrected chi connectivity index (χ3v) is 1.27. The van der Waals surface area contributed by atoms with Crippen LogP contribution in [0.2, 0.25) is 0 Å². The van der Waals surface area contributed by atoms with Gasteiger partial charge in [0.25, 0.3) is 0 Å². The monoisotopic (exact) mass is 217 g/mol. The quantitative estimate of drug-likeness (QED) is 0.721. The van der Waals surface area contributed by atoms with Crippen molar-refractivity contribution < 1.29 is 23.0 Å². The molecule has 0 aliphatic heterocycles. The number of aromatic nitrogens is 1. The lowest BCUT2D eigenvalue weighted by Crippen LogP contribution is -2.17. The average molecular weight is 217 g/mol. The molecule has 3 nitrogen and oxygen atoms in total. The van der Waals surface area contributed by atoms with Gasteiger partial charge in [0.05, 0.1) is 6.20 Å². The summed E-state index contributed by atoms with van der Waals surface area (Å²) in [4.78, 5) is 3.59. The van der Waals surface area contributed by atoms with Crippen LogP contribution in [0.1, 0.15) is 5.69 Å². The molecule has 0 spiro atoms. The molecule has 0 bridgehead atoms. The molecule has 15 heavy (non-hydrogen) atoms. The molecule has 0 amide bonds. The van der Waals surface area contributed by atoms with Gasteiger partial charge < -0.3 is 9.84 Å². The van der Waals surface area contributed by atoms with E-state index in [4.69, 9.17) is 5.11 Å². The molecule has 0 aromatic carbocycles. The highest BCUT2D eigenvalue weighted by molar-refractivity contribution is 5.31. The Bertz CT molecular complexity index is 375. The first-order valence-electron chi connectivity index (χ1n) is 3.83. The minimum atomic E-state index is -4.72. The standard InChI is InChI=1S/C9H6F3NO2/c10-9(11,12)15-8-4-3-7(13-6-8)2-1-5-14/h3-4,6,14H,5H2. The van der Waals surface area contributed by atoms with Crippen molar-refractivity contribution in [1.29, 1.82) is 0 Å². The molecule has 0 saturated carbocycles. The Kier molecular flexibility index (Phi) is 3.52. The van der Waals surface area contributed by atoms with Gasteiger partial charge in [-0.3, -0.25) is 0 Å². The fourth-order valence-electron chi connectivity index (χ4n) is 0.778. The minimum Gasteiger partial charge on any atom is -0.404 e. The molecular formula is C9H6F3NO2. The van der Waals surface area contributed by atoms with Crippen LogP contribution in [0.4, 0.5) is 13.2 Å². The Morgan fingerprint density at radius 1 is 1.40 bits per heavy atom. The lowest BCUT2D eigenvalue weighted by Gasteiger charge is -2.07. The first-order valence-corrected chi connectivity index (χ1v) is 3.83. The van der Waals surface area contributed by atoms with Gasteiger partial charge in [-0.2, -0.15) is 0 Å². The summed E-state index contributed by atoms with van der Waals surface area (Å²) >= 11 is 0. The van der Waals surface area contributed by atoms with E-state index in [1.807, 2.05) is 0 Å². The fourth-order valence-corrected chi connectivity index (χ4v) is 0.778. The zero-order valence-corrected chi connectivity index (χ0v) is 7.38. The van der Waals surface area contributed by atoms with Crippen LogP contribution in [-0.2, 0) is 0 Å². The van der Waals surface area contributed by atoms with Crippen LogP contribution >= 0.6 is 0 Å². The van der Waals surface area contributed by atoms with Gasteiger partial charge in [-0.1, -0.05) is 5.92 Å². The molecule has 1 aromatic rings. The summed E-state index contributed by atoms with van der Waals surface area (Å²) in [6.45, 7) is -0.331. The predicted molar refractivity (Wildman–Crippen MR) is 44.9 cm³/mol. The van der Waals surface area contributed by atoms with Gasteiger partial charge in [0.2, 0.25) is 0 Å². The van der Waals surface area contributed by atoms with Crippen LogP contribution in [-0.4, -0.2) is 23.1 Å². The molecule has 1 heterocycles. The molecule has 0 radical (unpaired) electrons. The van der Waals surface area contributed by atoms with Crippen molar-refractivity contribution in [2.45, 2.75) is 6.36 Å². The van der Waals surface area contributed by atoms with Crippen molar-refractivity contribution >= 4 is 0 Å². The summed E-state index contributed by atoms with van der Waals surface area (Å²) in [5, 5.41) is 8.36. The molecule has 0 aliphatic carbocycles. The van der Waals surface area contributed by atoms with Crippen molar-refractivity contribution in [2.24, 2.45) is 0 Å². The Hall–Kier alpha value is -1.74. The molecular weight excluding hydrogens is 211 g/mol. The number of rotatable bonds is 1.